The van der Waals surface area contributed by atoms with Crippen molar-refractivity contribution in [1.82, 2.24) is 4.98 Å². The van der Waals surface area contributed by atoms with Gasteiger partial charge in [-0.2, -0.15) is 0 Å². The van der Waals surface area contributed by atoms with Gasteiger partial charge in [0.2, 0.25) is 0 Å². The molecule has 1 aromatic carbocycles. The number of pyridine rings is 1. The number of benzene rings is 1. The highest BCUT2D eigenvalue weighted by Gasteiger charge is 2.09. The van der Waals surface area contributed by atoms with Gasteiger partial charge in [0.25, 0.3) is 0 Å². The first-order valence-electron chi connectivity index (χ1n) is 5.09. The zero-order valence-corrected chi connectivity index (χ0v) is 9.43. The zero-order chi connectivity index (χ0) is 11.4. The number of halogens is 1. The predicted octanol–water partition coefficient (Wildman–Crippen LogP) is 3.01. The summed E-state index contributed by atoms with van der Waals surface area (Å²) in [5, 5.41) is 10.5. The number of aliphatic hydroxyl groups is 1. The summed E-state index contributed by atoms with van der Waals surface area (Å²) in [6.07, 6.45) is 1.53. The molecule has 82 valence electrons. The Kier molecular flexibility index (Phi) is 3.54. The molecule has 0 spiro atoms. The van der Waals surface area contributed by atoms with Crippen molar-refractivity contribution < 1.29 is 5.11 Å². The third kappa shape index (κ3) is 2.81. The lowest BCUT2D eigenvalue weighted by Crippen LogP contribution is -2.03. The fraction of sp³-hybridized carbons (Fsp3) is 0.154. The van der Waals surface area contributed by atoms with Gasteiger partial charge in [-0.15, -0.1) is 0 Å². The van der Waals surface area contributed by atoms with E-state index in [0.29, 0.717) is 17.1 Å². The average molecular weight is 234 g/mol. The molecule has 0 bridgehead atoms. The first kappa shape index (κ1) is 11.1. The van der Waals surface area contributed by atoms with Crippen molar-refractivity contribution in [2.45, 2.75) is 12.5 Å². The van der Waals surface area contributed by atoms with Gasteiger partial charge in [-0.25, -0.2) is 0 Å². The van der Waals surface area contributed by atoms with Gasteiger partial charge in [-0.1, -0.05) is 41.9 Å². The Labute approximate surface area is 99.5 Å². The molecule has 2 nitrogen and oxygen atoms in total. The molecule has 0 saturated heterocycles. The molecular weight excluding hydrogens is 222 g/mol. The van der Waals surface area contributed by atoms with Crippen molar-refractivity contribution in [1.29, 1.82) is 0 Å². The fourth-order valence-electron chi connectivity index (χ4n) is 1.53. The highest BCUT2D eigenvalue weighted by Crippen LogP contribution is 2.17. The second-order valence-corrected chi connectivity index (χ2v) is 4.04. The molecule has 3 heteroatoms. The van der Waals surface area contributed by atoms with Gasteiger partial charge < -0.3 is 5.11 Å². The van der Waals surface area contributed by atoms with Crippen LogP contribution in [0.1, 0.15) is 17.4 Å². The predicted molar refractivity (Wildman–Crippen MR) is 64.4 cm³/mol. The van der Waals surface area contributed by atoms with Crippen molar-refractivity contribution in [3.05, 3.63) is 64.9 Å². The number of aromatic nitrogens is 1. The Balaban J connectivity index is 2.09. The summed E-state index contributed by atoms with van der Waals surface area (Å²) < 4.78 is 0. The van der Waals surface area contributed by atoms with Crippen LogP contribution in [0.25, 0.3) is 0 Å². The normalized spacial score (nSPS) is 12.4. The van der Waals surface area contributed by atoms with Gasteiger partial charge in [0.05, 0.1) is 16.8 Å². The van der Waals surface area contributed by atoms with Crippen molar-refractivity contribution in [3.8, 4) is 0 Å². The average Bonchev–Trinajstić information content (AvgIpc) is 2.31. The zero-order valence-electron chi connectivity index (χ0n) is 8.68. The minimum atomic E-state index is -0.584. The quantitative estimate of drug-likeness (QED) is 0.884. The molecule has 0 aliphatic heterocycles. The number of hydrogen-bond acceptors (Lipinski definition) is 2. The summed E-state index contributed by atoms with van der Waals surface area (Å²) >= 11 is 5.73. The summed E-state index contributed by atoms with van der Waals surface area (Å²) in [7, 11) is 0. The second kappa shape index (κ2) is 5.10. The molecule has 0 aliphatic carbocycles. The lowest BCUT2D eigenvalue weighted by Gasteiger charge is -2.09. The molecule has 0 fully saturated rings. The molecule has 1 aromatic heterocycles. The molecular formula is C13H12ClNO. The Bertz CT molecular complexity index is 441. The van der Waals surface area contributed by atoms with Crippen LogP contribution >= 0.6 is 11.6 Å². The molecule has 0 amide bonds. The van der Waals surface area contributed by atoms with Gasteiger partial charge in [0.15, 0.2) is 0 Å². The standard InChI is InChI=1S/C13H12ClNO/c14-11-6-7-12(15-9-11)13(16)8-10-4-2-1-3-5-10/h1-7,9,13,16H,8H2. The Morgan fingerprint density at radius 1 is 1.12 bits per heavy atom. The molecule has 0 saturated carbocycles. The third-order valence-electron chi connectivity index (χ3n) is 2.36. The first-order chi connectivity index (χ1) is 7.75. The van der Waals surface area contributed by atoms with Crippen molar-refractivity contribution >= 4 is 11.6 Å². The van der Waals surface area contributed by atoms with Crippen LogP contribution in [0.2, 0.25) is 5.02 Å². The monoisotopic (exact) mass is 233 g/mol. The topological polar surface area (TPSA) is 33.1 Å². The molecule has 0 radical (unpaired) electrons. The van der Waals surface area contributed by atoms with Crippen LogP contribution in [0.4, 0.5) is 0 Å². The van der Waals surface area contributed by atoms with Crippen molar-refractivity contribution in [2.75, 3.05) is 0 Å². The van der Waals surface area contributed by atoms with Crippen LogP contribution in [0.3, 0.4) is 0 Å². The van der Waals surface area contributed by atoms with Crippen molar-refractivity contribution in [3.63, 3.8) is 0 Å². The third-order valence-corrected chi connectivity index (χ3v) is 2.59. The SMILES string of the molecule is OC(Cc1ccccc1)c1ccc(Cl)cn1. The first-order valence-corrected chi connectivity index (χ1v) is 5.47. The summed E-state index contributed by atoms with van der Waals surface area (Å²) in [6.45, 7) is 0. The molecule has 2 rings (SSSR count). The van der Waals surface area contributed by atoms with Gasteiger partial charge in [0.1, 0.15) is 0 Å². The lowest BCUT2D eigenvalue weighted by atomic mass is 10.1. The van der Waals surface area contributed by atoms with Gasteiger partial charge in [-0.3, -0.25) is 4.98 Å². The number of hydrogen-bond donors (Lipinski definition) is 1. The van der Waals surface area contributed by atoms with E-state index in [4.69, 9.17) is 11.6 Å². The minimum Gasteiger partial charge on any atom is -0.386 e. The van der Waals surface area contributed by atoms with E-state index in [1.165, 1.54) is 0 Å². The summed E-state index contributed by atoms with van der Waals surface area (Å²) in [5.74, 6) is 0. The van der Waals surface area contributed by atoms with E-state index in [2.05, 4.69) is 4.98 Å². The van der Waals surface area contributed by atoms with Crippen LogP contribution in [0.5, 0.6) is 0 Å². The molecule has 1 atom stereocenters. The van der Waals surface area contributed by atoms with Crippen LogP contribution in [-0.4, -0.2) is 10.1 Å². The van der Waals surface area contributed by atoms with Crippen LogP contribution in [0.15, 0.2) is 48.7 Å². The Hall–Kier alpha value is -1.38. The van der Waals surface area contributed by atoms with Gasteiger partial charge in [0, 0.05) is 12.6 Å². The van der Waals surface area contributed by atoms with E-state index >= 15 is 0 Å². The van der Waals surface area contributed by atoms with Crippen LogP contribution in [0, 0.1) is 0 Å². The number of rotatable bonds is 3. The molecule has 1 unspecified atom stereocenters. The maximum atomic E-state index is 9.96. The van der Waals surface area contributed by atoms with E-state index in [1.807, 2.05) is 30.3 Å². The number of nitrogens with zero attached hydrogens (tertiary/aromatic N) is 1. The Morgan fingerprint density at radius 2 is 1.88 bits per heavy atom. The van der Waals surface area contributed by atoms with Crippen LogP contribution < -0.4 is 0 Å². The highest BCUT2D eigenvalue weighted by molar-refractivity contribution is 6.30. The van der Waals surface area contributed by atoms with Crippen molar-refractivity contribution in [2.24, 2.45) is 0 Å². The fourth-order valence-corrected chi connectivity index (χ4v) is 1.64. The summed E-state index contributed by atoms with van der Waals surface area (Å²) in [4.78, 5) is 4.09. The molecule has 2 aromatic rings. The Morgan fingerprint density at radius 3 is 2.50 bits per heavy atom. The van der Waals surface area contributed by atoms with Gasteiger partial charge in [-0.05, 0) is 17.7 Å². The van der Waals surface area contributed by atoms with Crippen LogP contribution in [-0.2, 0) is 6.42 Å². The van der Waals surface area contributed by atoms with E-state index in [1.54, 1.807) is 18.3 Å². The summed E-state index contributed by atoms with van der Waals surface area (Å²) in [6, 6.07) is 13.3. The molecule has 1 heterocycles. The van der Waals surface area contributed by atoms with E-state index in [0.717, 1.165) is 5.56 Å². The smallest absolute Gasteiger partial charge is 0.0999 e. The van der Waals surface area contributed by atoms with Gasteiger partial charge >= 0.3 is 0 Å². The maximum absolute atomic E-state index is 9.96. The highest BCUT2D eigenvalue weighted by atomic mass is 35.5. The summed E-state index contributed by atoms with van der Waals surface area (Å²) in [5.41, 5.74) is 1.74. The minimum absolute atomic E-state index is 0.565. The van der Waals surface area contributed by atoms with E-state index < -0.39 is 6.10 Å². The molecule has 16 heavy (non-hydrogen) atoms. The largest absolute Gasteiger partial charge is 0.386 e. The van der Waals surface area contributed by atoms with E-state index in [-0.39, 0.29) is 0 Å². The van der Waals surface area contributed by atoms with E-state index in [9.17, 15) is 5.11 Å². The maximum Gasteiger partial charge on any atom is 0.0999 e. The molecule has 0 aliphatic rings. The number of aliphatic hydroxyl groups excluding tert-OH is 1. The lowest BCUT2D eigenvalue weighted by molar-refractivity contribution is 0.173. The molecule has 1 N–H and O–H groups in total. The second-order valence-electron chi connectivity index (χ2n) is 3.61.